The van der Waals surface area contributed by atoms with Gasteiger partial charge in [-0.2, -0.15) is 4.99 Å². The maximum Gasteiger partial charge on any atom is 0.222 e. The molecule has 1 heterocycles. The molecule has 0 aliphatic carbocycles. The molecule has 2 aromatic rings. The number of nitrogens with zero attached hydrogens (tertiary/aromatic N) is 2. The van der Waals surface area contributed by atoms with Crippen molar-refractivity contribution in [3.63, 3.8) is 0 Å². The number of aryl methyl sites for hydroxylation is 2. The van der Waals surface area contributed by atoms with Crippen molar-refractivity contribution in [3.8, 4) is 5.75 Å². The van der Waals surface area contributed by atoms with E-state index in [0.29, 0.717) is 5.90 Å². The molecule has 0 atom stereocenters. The predicted molar refractivity (Wildman–Crippen MR) is 87.1 cm³/mol. The highest BCUT2D eigenvalue weighted by atomic mass is 16.5. The van der Waals surface area contributed by atoms with Gasteiger partial charge in [-0.25, -0.2) is 0 Å². The predicted octanol–water partition coefficient (Wildman–Crippen LogP) is 3.13. The van der Waals surface area contributed by atoms with Gasteiger partial charge in [-0.1, -0.05) is 6.07 Å². The van der Waals surface area contributed by atoms with Crippen molar-refractivity contribution in [2.75, 3.05) is 14.2 Å². The first-order chi connectivity index (χ1) is 10.6. The molecule has 0 bridgehead atoms. The Labute approximate surface area is 130 Å². The Morgan fingerprint density at radius 2 is 1.91 bits per heavy atom. The molecule has 5 nitrogen and oxygen atoms in total. The van der Waals surface area contributed by atoms with Gasteiger partial charge in [-0.05, 0) is 43.2 Å². The van der Waals surface area contributed by atoms with Crippen LogP contribution in [0.2, 0.25) is 0 Å². The molecule has 0 spiro atoms. The number of rotatable bonds is 3. The van der Waals surface area contributed by atoms with E-state index in [9.17, 15) is 0 Å². The van der Waals surface area contributed by atoms with Gasteiger partial charge in [0.25, 0.3) is 0 Å². The Bertz CT molecular complexity index is 724. The molecule has 1 N–H and O–H groups in total. The zero-order chi connectivity index (χ0) is 16.1. The summed E-state index contributed by atoms with van der Waals surface area (Å²) in [4.78, 5) is 8.32. The molecule has 2 rings (SSSR count). The molecular formula is C17H19N3O2. The lowest BCUT2D eigenvalue weighted by Gasteiger charge is -2.10. The summed E-state index contributed by atoms with van der Waals surface area (Å²) in [6.45, 7) is 3.86. The molecule has 0 aliphatic rings. The summed E-state index contributed by atoms with van der Waals surface area (Å²) < 4.78 is 10.7. The quantitative estimate of drug-likeness (QED) is 0.699. The topological polar surface area (TPSA) is 67.6 Å². The van der Waals surface area contributed by atoms with Crippen molar-refractivity contribution in [3.05, 3.63) is 58.9 Å². The van der Waals surface area contributed by atoms with Crippen molar-refractivity contribution in [1.29, 1.82) is 5.41 Å². The standard InChI is InChI=1S/C17H19N3O2/c1-11-5-6-13(9-15(11)21-3)17(22-4)20-16(18)14-7-8-19-10-12(14)2/h5-10,18H,1-4H3/b18-16?,20-17-. The van der Waals surface area contributed by atoms with Crippen molar-refractivity contribution in [2.24, 2.45) is 4.99 Å². The Balaban J connectivity index is 2.39. The number of pyridine rings is 1. The minimum absolute atomic E-state index is 0.135. The van der Waals surface area contributed by atoms with Crippen LogP contribution in [0.4, 0.5) is 0 Å². The van der Waals surface area contributed by atoms with Crippen molar-refractivity contribution < 1.29 is 9.47 Å². The lowest BCUT2D eigenvalue weighted by Crippen LogP contribution is -2.09. The SMILES string of the molecule is CO/C(=N\C(=N)c1ccncc1C)c1ccc(C)c(OC)c1. The maximum absolute atomic E-state index is 8.17. The van der Waals surface area contributed by atoms with Gasteiger partial charge in [0, 0.05) is 23.5 Å². The van der Waals surface area contributed by atoms with E-state index in [4.69, 9.17) is 14.9 Å². The molecule has 1 aromatic heterocycles. The fraction of sp³-hybridized carbons (Fsp3) is 0.235. The van der Waals surface area contributed by atoms with Crippen LogP contribution in [0.5, 0.6) is 5.75 Å². The van der Waals surface area contributed by atoms with Crippen molar-refractivity contribution in [2.45, 2.75) is 13.8 Å². The number of methoxy groups -OCH3 is 2. The maximum atomic E-state index is 8.17. The van der Waals surface area contributed by atoms with Crippen LogP contribution in [-0.4, -0.2) is 30.9 Å². The number of aliphatic imine (C=N–C) groups is 1. The number of ether oxygens (including phenoxy) is 2. The molecule has 22 heavy (non-hydrogen) atoms. The van der Waals surface area contributed by atoms with E-state index in [2.05, 4.69) is 9.98 Å². The van der Waals surface area contributed by atoms with Gasteiger partial charge >= 0.3 is 0 Å². The highest BCUT2D eigenvalue weighted by Crippen LogP contribution is 2.20. The summed E-state index contributed by atoms with van der Waals surface area (Å²) in [5.74, 6) is 1.27. The largest absolute Gasteiger partial charge is 0.496 e. The summed E-state index contributed by atoms with van der Waals surface area (Å²) >= 11 is 0. The third-order valence-corrected chi connectivity index (χ3v) is 3.34. The molecule has 5 heteroatoms. The number of hydrogen-bond donors (Lipinski definition) is 1. The molecule has 0 amide bonds. The minimum Gasteiger partial charge on any atom is -0.496 e. The first kappa shape index (κ1) is 15.7. The highest BCUT2D eigenvalue weighted by molar-refractivity contribution is 6.08. The molecule has 0 fully saturated rings. The normalized spacial score (nSPS) is 11.2. The summed E-state index contributed by atoms with van der Waals surface area (Å²) in [5.41, 5.74) is 3.42. The Hall–Kier alpha value is -2.69. The number of nitrogens with one attached hydrogen (secondary N) is 1. The smallest absolute Gasteiger partial charge is 0.222 e. The third kappa shape index (κ3) is 3.31. The van der Waals surface area contributed by atoms with Crippen LogP contribution in [0, 0.1) is 19.3 Å². The molecule has 1 aromatic carbocycles. The summed E-state index contributed by atoms with van der Waals surface area (Å²) in [6, 6.07) is 7.45. The lowest BCUT2D eigenvalue weighted by molar-refractivity contribution is 0.401. The number of aromatic nitrogens is 1. The van der Waals surface area contributed by atoms with E-state index in [-0.39, 0.29) is 5.84 Å². The first-order valence-corrected chi connectivity index (χ1v) is 6.84. The van der Waals surface area contributed by atoms with Crippen molar-refractivity contribution >= 4 is 11.7 Å². The van der Waals surface area contributed by atoms with E-state index in [1.54, 1.807) is 25.6 Å². The Morgan fingerprint density at radius 3 is 2.55 bits per heavy atom. The van der Waals surface area contributed by atoms with Crippen LogP contribution in [0.15, 0.2) is 41.7 Å². The minimum atomic E-state index is 0.135. The molecular weight excluding hydrogens is 278 g/mol. The third-order valence-electron chi connectivity index (χ3n) is 3.34. The summed E-state index contributed by atoms with van der Waals surface area (Å²) in [6.07, 6.45) is 3.36. The molecule has 114 valence electrons. The zero-order valence-electron chi connectivity index (χ0n) is 13.2. The molecule has 0 radical (unpaired) electrons. The van der Waals surface area contributed by atoms with Gasteiger partial charge in [-0.3, -0.25) is 10.4 Å². The van der Waals surface area contributed by atoms with E-state index in [1.807, 2.05) is 32.0 Å². The molecule has 0 saturated carbocycles. The molecule has 0 unspecified atom stereocenters. The average molecular weight is 297 g/mol. The van der Waals surface area contributed by atoms with Gasteiger partial charge in [0.1, 0.15) is 5.75 Å². The van der Waals surface area contributed by atoms with Crippen molar-refractivity contribution in [1.82, 2.24) is 4.98 Å². The van der Waals surface area contributed by atoms with Gasteiger partial charge in [-0.15, -0.1) is 0 Å². The monoisotopic (exact) mass is 297 g/mol. The van der Waals surface area contributed by atoms with Crippen LogP contribution >= 0.6 is 0 Å². The van der Waals surface area contributed by atoms with Crippen LogP contribution in [0.3, 0.4) is 0 Å². The summed E-state index contributed by atoms with van der Waals surface area (Å²) in [7, 11) is 3.16. The van der Waals surface area contributed by atoms with E-state index < -0.39 is 0 Å². The summed E-state index contributed by atoms with van der Waals surface area (Å²) in [5, 5.41) is 8.17. The number of amidine groups is 1. The van der Waals surface area contributed by atoms with Crippen LogP contribution < -0.4 is 4.74 Å². The Morgan fingerprint density at radius 1 is 1.14 bits per heavy atom. The van der Waals surface area contributed by atoms with E-state index in [1.165, 1.54) is 7.11 Å². The van der Waals surface area contributed by atoms with E-state index >= 15 is 0 Å². The van der Waals surface area contributed by atoms with E-state index in [0.717, 1.165) is 28.0 Å². The second kappa shape index (κ2) is 6.85. The van der Waals surface area contributed by atoms with Crippen LogP contribution in [0.1, 0.15) is 22.3 Å². The van der Waals surface area contributed by atoms with Gasteiger partial charge in [0.05, 0.1) is 14.2 Å². The average Bonchev–Trinajstić information content (AvgIpc) is 2.53. The lowest BCUT2D eigenvalue weighted by atomic mass is 10.1. The first-order valence-electron chi connectivity index (χ1n) is 6.84. The highest BCUT2D eigenvalue weighted by Gasteiger charge is 2.10. The fourth-order valence-corrected chi connectivity index (χ4v) is 2.08. The molecule has 0 aliphatic heterocycles. The zero-order valence-corrected chi connectivity index (χ0v) is 13.2. The van der Waals surface area contributed by atoms with Gasteiger partial charge in [0.15, 0.2) is 5.84 Å². The van der Waals surface area contributed by atoms with Crippen LogP contribution in [0.25, 0.3) is 0 Å². The number of hydrogen-bond acceptors (Lipinski definition) is 4. The molecule has 0 saturated heterocycles. The van der Waals surface area contributed by atoms with Gasteiger partial charge in [0.2, 0.25) is 5.90 Å². The second-order valence-electron chi connectivity index (χ2n) is 4.84. The number of benzene rings is 1. The van der Waals surface area contributed by atoms with Crippen LogP contribution in [-0.2, 0) is 4.74 Å². The second-order valence-corrected chi connectivity index (χ2v) is 4.84. The van der Waals surface area contributed by atoms with Gasteiger partial charge < -0.3 is 9.47 Å². The fourth-order valence-electron chi connectivity index (χ4n) is 2.08. The Kier molecular flexibility index (Phi) is 4.88.